The molecule has 4 nitrogen and oxygen atoms in total. The summed E-state index contributed by atoms with van der Waals surface area (Å²) in [4.78, 5) is 16.0. The lowest BCUT2D eigenvalue weighted by molar-refractivity contribution is -0.131. The van der Waals surface area contributed by atoms with Gasteiger partial charge >= 0.3 is 0 Å². The van der Waals surface area contributed by atoms with E-state index in [2.05, 4.69) is 25.7 Å². The second-order valence-corrected chi connectivity index (χ2v) is 19.1. The predicted molar refractivity (Wildman–Crippen MR) is 249 cm³/mol. The fourth-order valence-electron chi connectivity index (χ4n) is 9.65. The number of carbonyl (C=O) groups excluding carboxylic acids is 1. The largest absolute Gasteiger partial charge is 0.498 e. The van der Waals surface area contributed by atoms with Crippen LogP contribution in [0, 0.1) is 17.8 Å². The zero-order valence-corrected chi connectivity index (χ0v) is 39.1. The van der Waals surface area contributed by atoms with Crippen molar-refractivity contribution in [3.8, 4) is 0 Å². The van der Waals surface area contributed by atoms with Crippen molar-refractivity contribution < 1.29 is 14.6 Å². The first-order valence-corrected chi connectivity index (χ1v) is 26.3. The molecule has 0 amide bonds. The van der Waals surface area contributed by atoms with Crippen LogP contribution in [0.15, 0.2) is 11.3 Å². The van der Waals surface area contributed by atoms with E-state index in [1.807, 2.05) is 0 Å². The highest BCUT2D eigenvalue weighted by atomic mass is 16.5. The van der Waals surface area contributed by atoms with Crippen LogP contribution < -0.4 is 0 Å². The molecule has 0 saturated heterocycles. The topological polar surface area (TPSA) is 49.8 Å². The van der Waals surface area contributed by atoms with E-state index < -0.39 is 0 Å². The van der Waals surface area contributed by atoms with Crippen LogP contribution >= 0.6 is 0 Å². The van der Waals surface area contributed by atoms with Crippen LogP contribution in [0.5, 0.6) is 0 Å². The van der Waals surface area contributed by atoms with Crippen LogP contribution in [0.3, 0.4) is 0 Å². The summed E-state index contributed by atoms with van der Waals surface area (Å²) < 4.78 is 6.34. The number of aliphatic hydroxyl groups is 1. The average molecular weight is 800 g/mol. The molecule has 1 unspecified atom stereocenters. The molecule has 0 spiro atoms. The van der Waals surface area contributed by atoms with Crippen molar-refractivity contribution in [3.63, 3.8) is 0 Å². The summed E-state index contributed by atoms with van der Waals surface area (Å²) in [6, 6.07) is 0. The molecule has 336 valence electrons. The zero-order chi connectivity index (χ0) is 40.9. The van der Waals surface area contributed by atoms with Gasteiger partial charge in [-0.1, -0.05) is 194 Å². The Morgan fingerprint density at radius 2 is 1.04 bits per heavy atom. The Labute approximate surface area is 357 Å². The summed E-state index contributed by atoms with van der Waals surface area (Å²) in [5, 5.41) is 9.65. The minimum Gasteiger partial charge on any atom is -0.498 e. The molecule has 2 aliphatic carbocycles. The number of hydrogen-bond acceptors (Lipinski definition) is 4. The highest BCUT2D eigenvalue weighted by molar-refractivity contribution is 5.84. The Morgan fingerprint density at radius 1 is 0.579 bits per heavy atom. The first-order chi connectivity index (χ1) is 28.1. The number of ketones is 1. The average Bonchev–Trinajstić information content (AvgIpc) is 3.17. The second kappa shape index (κ2) is 38.1. The maximum absolute atomic E-state index is 13.5. The predicted octanol–water partition coefficient (Wildman–Crippen LogP) is 16.3. The third-order valence-corrected chi connectivity index (χ3v) is 13.9. The summed E-state index contributed by atoms with van der Waals surface area (Å²) in [7, 11) is 0. The Hall–Kier alpha value is -0.870. The summed E-state index contributed by atoms with van der Waals surface area (Å²) in [6.45, 7) is 11.2. The summed E-state index contributed by atoms with van der Waals surface area (Å²) in [5.41, 5.74) is 1.62. The first-order valence-electron chi connectivity index (χ1n) is 26.3. The van der Waals surface area contributed by atoms with Gasteiger partial charge < -0.3 is 14.7 Å². The number of rotatable bonds is 44. The highest BCUT2D eigenvalue weighted by Crippen LogP contribution is 2.41. The lowest BCUT2D eigenvalue weighted by atomic mass is 9.67. The van der Waals surface area contributed by atoms with Gasteiger partial charge in [0.1, 0.15) is 5.78 Å². The minimum atomic E-state index is 0.285. The molecule has 0 radical (unpaired) electrons. The van der Waals surface area contributed by atoms with Gasteiger partial charge in [-0.05, 0) is 95.2 Å². The standard InChI is InChI=1S/C53H101NO3/c1-4-7-10-13-19-26-33-45-57-52(49-38-34-39-49)40-30-23-20-25-32-42-54(43-44-55)41-31-24-18-16-15-17-21-27-35-48-46-51(47-48)53(56)50(36-28-12-9-6-3)37-29-22-14-11-8-5-2/h48,50-51,55H,4-47H2,1-3H3. The molecule has 2 aliphatic rings. The van der Waals surface area contributed by atoms with Crippen molar-refractivity contribution in [2.24, 2.45) is 17.8 Å². The monoisotopic (exact) mass is 800 g/mol. The number of carbonyl (C=O) groups is 1. The normalized spacial score (nSPS) is 17.2. The molecule has 2 saturated carbocycles. The molecule has 0 bridgehead atoms. The van der Waals surface area contributed by atoms with Gasteiger partial charge in [0.15, 0.2) is 0 Å². The molecule has 0 heterocycles. The SMILES string of the molecule is CCCCCCCCCOC(CCCCCCCN(CCO)CCCCCCCCCCC1CC(C(=O)C(CCCCCC)CCCCCCCC)C1)=C1CCC1. The van der Waals surface area contributed by atoms with Crippen molar-refractivity contribution in [3.05, 3.63) is 11.3 Å². The van der Waals surface area contributed by atoms with Crippen molar-refractivity contribution in [2.75, 3.05) is 32.8 Å². The molecule has 0 aromatic heterocycles. The van der Waals surface area contributed by atoms with Crippen LogP contribution in [0.2, 0.25) is 0 Å². The molecular formula is C53H101NO3. The minimum absolute atomic E-state index is 0.285. The third kappa shape index (κ3) is 27.6. The summed E-state index contributed by atoms with van der Waals surface area (Å²) in [5.74, 6) is 3.60. The van der Waals surface area contributed by atoms with Crippen LogP contribution in [0.25, 0.3) is 0 Å². The van der Waals surface area contributed by atoms with Crippen LogP contribution in [-0.4, -0.2) is 48.6 Å². The Balaban J connectivity index is 1.43. The number of allylic oxidation sites excluding steroid dienone is 2. The van der Waals surface area contributed by atoms with Crippen molar-refractivity contribution in [2.45, 2.75) is 271 Å². The molecule has 1 N–H and O–H groups in total. The van der Waals surface area contributed by atoms with E-state index in [0.29, 0.717) is 17.6 Å². The van der Waals surface area contributed by atoms with Crippen molar-refractivity contribution in [1.29, 1.82) is 0 Å². The van der Waals surface area contributed by atoms with E-state index in [9.17, 15) is 9.90 Å². The zero-order valence-electron chi connectivity index (χ0n) is 39.1. The molecule has 0 aliphatic heterocycles. The summed E-state index contributed by atoms with van der Waals surface area (Å²) in [6.07, 6.45) is 51.1. The smallest absolute Gasteiger partial charge is 0.139 e. The van der Waals surface area contributed by atoms with Crippen molar-refractivity contribution in [1.82, 2.24) is 4.90 Å². The quantitative estimate of drug-likeness (QED) is 0.0493. The number of hydrogen-bond donors (Lipinski definition) is 1. The fraction of sp³-hybridized carbons (Fsp3) is 0.943. The van der Waals surface area contributed by atoms with Gasteiger partial charge in [0.25, 0.3) is 0 Å². The van der Waals surface area contributed by atoms with Gasteiger partial charge in [-0.3, -0.25) is 4.79 Å². The van der Waals surface area contributed by atoms with Crippen molar-refractivity contribution >= 4 is 5.78 Å². The third-order valence-electron chi connectivity index (χ3n) is 13.9. The number of Topliss-reactive ketones (excluding diaryl/α,β-unsaturated/α-hetero) is 1. The molecule has 57 heavy (non-hydrogen) atoms. The Bertz CT molecular complexity index is 919. The summed E-state index contributed by atoms with van der Waals surface area (Å²) >= 11 is 0. The van der Waals surface area contributed by atoms with E-state index in [-0.39, 0.29) is 6.61 Å². The molecule has 4 heteroatoms. The highest BCUT2D eigenvalue weighted by Gasteiger charge is 2.36. The number of ether oxygens (including phenoxy) is 1. The van der Waals surface area contributed by atoms with Gasteiger partial charge in [-0.2, -0.15) is 0 Å². The maximum atomic E-state index is 13.5. The number of nitrogens with zero attached hydrogens (tertiary/aromatic N) is 1. The van der Waals surface area contributed by atoms with Gasteiger partial charge in [0.05, 0.1) is 19.0 Å². The molecule has 2 fully saturated rings. The Kier molecular flexibility index (Phi) is 34.9. The van der Waals surface area contributed by atoms with E-state index in [1.165, 1.54) is 237 Å². The van der Waals surface area contributed by atoms with E-state index in [1.54, 1.807) is 5.57 Å². The maximum Gasteiger partial charge on any atom is 0.139 e. The molecule has 2 rings (SSSR count). The molecular weight excluding hydrogens is 699 g/mol. The van der Waals surface area contributed by atoms with Gasteiger partial charge in [-0.15, -0.1) is 0 Å². The number of aliphatic hydroxyl groups excluding tert-OH is 1. The van der Waals surface area contributed by atoms with E-state index in [4.69, 9.17) is 4.74 Å². The van der Waals surface area contributed by atoms with Crippen LogP contribution in [-0.2, 0) is 9.53 Å². The molecule has 1 atom stereocenters. The van der Waals surface area contributed by atoms with Crippen LogP contribution in [0.4, 0.5) is 0 Å². The van der Waals surface area contributed by atoms with Crippen LogP contribution in [0.1, 0.15) is 271 Å². The lowest BCUT2D eigenvalue weighted by Crippen LogP contribution is -2.34. The second-order valence-electron chi connectivity index (χ2n) is 19.1. The Morgan fingerprint density at radius 3 is 1.54 bits per heavy atom. The number of unbranched alkanes of at least 4 members (excludes halogenated alkanes) is 25. The van der Waals surface area contributed by atoms with Gasteiger partial charge in [0.2, 0.25) is 0 Å². The van der Waals surface area contributed by atoms with E-state index in [0.717, 1.165) is 51.4 Å². The van der Waals surface area contributed by atoms with E-state index >= 15 is 0 Å². The molecule has 0 aromatic rings. The lowest BCUT2D eigenvalue weighted by Gasteiger charge is -2.36. The first kappa shape index (κ1) is 52.3. The molecule has 0 aromatic carbocycles. The fourth-order valence-corrected chi connectivity index (χ4v) is 9.65. The van der Waals surface area contributed by atoms with Gasteiger partial charge in [0, 0.05) is 24.8 Å². The van der Waals surface area contributed by atoms with Gasteiger partial charge in [-0.25, -0.2) is 0 Å².